The predicted molar refractivity (Wildman–Crippen MR) is 127 cm³/mol. The molecule has 0 unspecified atom stereocenters. The molecule has 0 saturated carbocycles. The van der Waals surface area contributed by atoms with Gasteiger partial charge in [-0.25, -0.2) is 0 Å². The van der Waals surface area contributed by atoms with Gasteiger partial charge in [0, 0.05) is 28.9 Å². The highest BCUT2D eigenvalue weighted by Gasteiger charge is 2.22. The number of carbonyl (C=O) groups excluding carboxylic acids is 1. The Morgan fingerprint density at radius 2 is 1.52 bits per heavy atom. The van der Waals surface area contributed by atoms with Crippen molar-refractivity contribution in [2.45, 2.75) is 33.6 Å². The minimum atomic E-state index is -0.212. The summed E-state index contributed by atoms with van der Waals surface area (Å²) in [5.41, 5.74) is 0.855. The van der Waals surface area contributed by atoms with Gasteiger partial charge in [0.15, 0.2) is 28.8 Å². The number of hydrogen-bond donors (Lipinski definition) is 0. The van der Waals surface area contributed by atoms with Crippen molar-refractivity contribution in [3.8, 4) is 28.7 Å². The quantitative estimate of drug-likeness (QED) is 0.266. The van der Waals surface area contributed by atoms with Gasteiger partial charge >= 0.3 is 0 Å². The molecule has 0 aliphatic carbocycles. The van der Waals surface area contributed by atoms with Gasteiger partial charge in [-0.1, -0.05) is 13.3 Å². The Balaban J connectivity index is 2.12. The summed E-state index contributed by atoms with van der Waals surface area (Å²) in [6, 6.07) is 7.01. The van der Waals surface area contributed by atoms with Crippen LogP contribution in [0.25, 0.3) is 10.8 Å². The Labute approximate surface area is 194 Å². The lowest BCUT2D eigenvalue weighted by Gasteiger charge is -2.17. The second-order valence-corrected chi connectivity index (χ2v) is 7.28. The second kappa shape index (κ2) is 11.4. The molecule has 0 spiro atoms. The van der Waals surface area contributed by atoms with Crippen molar-refractivity contribution >= 4 is 16.6 Å². The van der Waals surface area contributed by atoms with E-state index < -0.39 is 0 Å². The van der Waals surface area contributed by atoms with Gasteiger partial charge in [0.1, 0.15) is 0 Å². The standard InChI is InChI=1S/C26H31NO6/c1-6-9-12-33-25-20-16-27-15-19(18(20)10-11-21(25)31-7-2)24(28)17-13-22(29-4)26(32-8-3)23(14-17)30-5/h10-11,13-16H,6-9,12H2,1-5H3. The largest absolute Gasteiger partial charge is 0.493 e. The fourth-order valence-corrected chi connectivity index (χ4v) is 3.57. The minimum absolute atomic E-state index is 0.212. The molecule has 176 valence electrons. The Kier molecular flexibility index (Phi) is 8.35. The van der Waals surface area contributed by atoms with Crippen LogP contribution in [-0.4, -0.2) is 44.8 Å². The number of hydrogen-bond acceptors (Lipinski definition) is 7. The van der Waals surface area contributed by atoms with Crippen LogP contribution in [0.4, 0.5) is 0 Å². The number of rotatable bonds is 12. The summed E-state index contributed by atoms with van der Waals surface area (Å²) in [5.74, 6) is 2.34. The van der Waals surface area contributed by atoms with Crippen LogP contribution in [0.5, 0.6) is 28.7 Å². The van der Waals surface area contributed by atoms with Gasteiger partial charge in [-0.15, -0.1) is 0 Å². The molecule has 1 aromatic heterocycles. The molecular formula is C26H31NO6. The van der Waals surface area contributed by atoms with Gasteiger partial charge < -0.3 is 23.7 Å². The Morgan fingerprint density at radius 3 is 2.12 bits per heavy atom. The third kappa shape index (κ3) is 5.13. The lowest BCUT2D eigenvalue weighted by atomic mass is 9.98. The zero-order chi connectivity index (χ0) is 23.8. The number of methoxy groups -OCH3 is 2. The van der Waals surface area contributed by atoms with Crippen molar-refractivity contribution in [2.24, 2.45) is 0 Å². The average molecular weight is 454 g/mol. The first-order valence-corrected chi connectivity index (χ1v) is 11.2. The van der Waals surface area contributed by atoms with E-state index in [0.717, 1.165) is 23.6 Å². The molecule has 3 aromatic rings. The molecular weight excluding hydrogens is 422 g/mol. The normalized spacial score (nSPS) is 10.7. The van der Waals surface area contributed by atoms with E-state index in [1.807, 2.05) is 26.0 Å². The van der Waals surface area contributed by atoms with E-state index in [9.17, 15) is 4.79 Å². The number of carbonyl (C=O) groups is 1. The van der Waals surface area contributed by atoms with Crippen LogP contribution in [0.3, 0.4) is 0 Å². The summed E-state index contributed by atoms with van der Waals surface area (Å²) in [6.45, 7) is 7.40. The monoisotopic (exact) mass is 453 g/mol. The number of aromatic nitrogens is 1. The highest BCUT2D eigenvalue weighted by Crippen LogP contribution is 2.41. The molecule has 0 amide bonds. The summed E-state index contributed by atoms with van der Waals surface area (Å²) in [6.07, 6.45) is 5.20. The fourth-order valence-electron chi connectivity index (χ4n) is 3.57. The Hall–Kier alpha value is -3.48. The molecule has 7 heteroatoms. The SMILES string of the molecule is CCCCOc1c(OCC)ccc2c(C(=O)c3cc(OC)c(OCC)c(OC)c3)cncc12. The van der Waals surface area contributed by atoms with Crippen LogP contribution >= 0.6 is 0 Å². The number of ketones is 1. The molecule has 0 bridgehead atoms. The molecule has 0 saturated heterocycles. The Bertz CT molecular complexity index is 1090. The molecule has 0 fully saturated rings. The van der Waals surface area contributed by atoms with Gasteiger partial charge in [-0.05, 0) is 49.9 Å². The van der Waals surface area contributed by atoms with Gasteiger partial charge in [-0.3, -0.25) is 9.78 Å². The van der Waals surface area contributed by atoms with Crippen LogP contribution in [-0.2, 0) is 0 Å². The van der Waals surface area contributed by atoms with E-state index in [0.29, 0.717) is 59.7 Å². The predicted octanol–water partition coefficient (Wildman–Crippen LogP) is 5.46. The van der Waals surface area contributed by atoms with E-state index in [-0.39, 0.29) is 5.78 Å². The molecule has 2 aromatic carbocycles. The van der Waals surface area contributed by atoms with E-state index in [1.54, 1.807) is 24.5 Å². The molecule has 0 atom stereocenters. The first-order valence-electron chi connectivity index (χ1n) is 11.2. The summed E-state index contributed by atoms with van der Waals surface area (Å²) in [5, 5.41) is 1.46. The van der Waals surface area contributed by atoms with Crippen LogP contribution in [0.15, 0.2) is 36.7 Å². The Morgan fingerprint density at radius 1 is 0.818 bits per heavy atom. The minimum Gasteiger partial charge on any atom is -0.493 e. The van der Waals surface area contributed by atoms with Crippen molar-refractivity contribution in [2.75, 3.05) is 34.0 Å². The van der Waals surface area contributed by atoms with Crippen molar-refractivity contribution in [3.05, 3.63) is 47.8 Å². The van der Waals surface area contributed by atoms with Gasteiger partial charge in [0.05, 0.1) is 34.0 Å². The number of benzene rings is 2. The summed E-state index contributed by atoms with van der Waals surface area (Å²) in [7, 11) is 3.06. The van der Waals surface area contributed by atoms with Crippen LogP contribution < -0.4 is 23.7 Å². The molecule has 0 N–H and O–H groups in total. The van der Waals surface area contributed by atoms with Crippen molar-refractivity contribution in [1.82, 2.24) is 4.98 Å². The molecule has 0 aliphatic rings. The lowest BCUT2D eigenvalue weighted by molar-refractivity contribution is 0.103. The maximum atomic E-state index is 13.6. The zero-order valence-electron chi connectivity index (χ0n) is 19.9. The molecule has 1 heterocycles. The molecule has 7 nitrogen and oxygen atoms in total. The van der Waals surface area contributed by atoms with E-state index in [1.165, 1.54) is 14.2 Å². The lowest BCUT2D eigenvalue weighted by Crippen LogP contribution is -2.07. The summed E-state index contributed by atoms with van der Waals surface area (Å²) < 4.78 is 28.4. The number of pyridine rings is 1. The molecule has 0 aliphatic heterocycles. The van der Waals surface area contributed by atoms with E-state index in [2.05, 4.69) is 11.9 Å². The third-order valence-corrected chi connectivity index (χ3v) is 5.16. The van der Waals surface area contributed by atoms with Crippen LogP contribution in [0, 0.1) is 0 Å². The first-order chi connectivity index (χ1) is 16.1. The zero-order valence-corrected chi connectivity index (χ0v) is 19.9. The second-order valence-electron chi connectivity index (χ2n) is 7.28. The smallest absolute Gasteiger partial charge is 0.203 e. The number of unbranched alkanes of at least 4 members (excludes halogenated alkanes) is 1. The molecule has 0 radical (unpaired) electrons. The maximum absolute atomic E-state index is 13.6. The van der Waals surface area contributed by atoms with Crippen molar-refractivity contribution in [3.63, 3.8) is 0 Å². The van der Waals surface area contributed by atoms with Crippen molar-refractivity contribution < 1.29 is 28.5 Å². The van der Waals surface area contributed by atoms with Crippen molar-refractivity contribution in [1.29, 1.82) is 0 Å². The first kappa shape index (κ1) is 24.2. The van der Waals surface area contributed by atoms with Gasteiger partial charge in [0.2, 0.25) is 5.75 Å². The van der Waals surface area contributed by atoms with Gasteiger partial charge in [0.25, 0.3) is 0 Å². The fraction of sp³-hybridized carbons (Fsp3) is 0.385. The van der Waals surface area contributed by atoms with Crippen LogP contribution in [0.1, 0.15) is 49.5 Å². The molecule has 33 heavy (non-hydrogen) atoms. The highest BCUT2D eigenvalue weighted by molar-refractivity contribution is 6.17. The average Bonchev–Trinajstić information content (AvgIpc) is 2.84. The highest BCUT2D eigenvalue weighted by atomic mass is 16.5. The van der Waals surface area contributed by atoms with E-state index >= 15 is 0 Å². The number of nitrogens with zero attached hydrogens (tertiary/aromatic N) is 1. The summed E-state index contributed by atoms with van der Waals surface area (Å²) >= 11 is 0. The topological polar surface area (TPSA) is 76.1 Å². The third-order valence-electron chi connectivity index (χ3n) is 5.16. The summed E-state index contributed by atoms with van der Waals surface area (Å²) in [4.78, 5) is 17.9. The maximum Gasteiger partial charge on any atom is 0.203 e. The number of ether oxygens (including phenoxy) is 5. The van der Waals surface area contributed by atoms with Gasteiger partial charge in [-0.2, -0.15) is 0 Å². The van der Waals surface area contributed by atoms with Crippen LogP contribution in [0.2, 0.25) is 0 Å². The van der Waals surface area contributed by atoms with E-state index in [4.69, 9.17) is 23.7 Å². The number of fused-ring (bicyclic) bond motifs is 1. The molecule has 3 rings (SSSR count).